The van der Waals surface area contributed by atoms with Crippen LogP contribution < -0.4 is 16.2 Å². The zero-order valence-corrected chi connectivity index (χ0v) is 19.2. The molecule has 3 amide bonds. The molecule has 1 saturated carbocycles. The van der Waals surface area contributed by atoms with E-state index in [9.17, 15) is 19.2 Å². The molecule has 2 N–H and O–H groups in total. The number of esters is 1. The highest BCUT2D eigenvalue weighted by Gasteiger charge is 2.27. The summed E-state index contributed by atoms with van der Waals surface area (Å²) in [5.74, 6) is -0.649. The van der Waals surface area contributed by atoms with Crippen molar-refractivity contribution in [1.82, 2.24) is 20.2 Å². The van der Waals surface area contributed by atoms with Gasteiger partial charge in [-0.1, -0.05) is 19.3 Å². The lowest BCUT2D eigenvalue weighted by molar-refractivity contribution is -0.127. The third-order valence-electron chi connectivity index (χ3n) is 6.18. The molecule has 1 aliphatic carbocycles. The van der Waals surface area contributed by atoms with E-state index in [1.54, 1.807) is 11.5 Å². The maximum atomic E-state index is 13.0. The van der Waals surface area contributed by atoms with E-state index in [1.165, 1.54) is 6.92 Å². The van der Waals surface area contributed by atoms with Crippen molar-refractivity contribution in [3.63, 3.8) is 0 Å². The van der Waals surface area contributed by atoms with Gasteiger partial charge < -0.3 is 10.1 Å². The van der Waals surface area contributed by atoms with Crippen LogP contribution in [0.3, 0.4) is 0 Å². The summed E-state index contributed by atoms with van der Waals surface area (Å²) in [5, 5.41) is 5.42. The number of urea groups is 1. The van der Waals surface area contributed by atoms with E-state index < -0.39 is 24.0 Å². The number of imide groups is 1. The number of rotatable bonds is 4. The molecule has 3 heterocycles. The van der Waals surface area contributed by atoms with E-state index >= 15 is 0 Å². The van der Waals surface area contributed by atoms with E-state index in [-0.39, 0.29) is 16.5 Å². The SMILES string of the molecule is Cc1c(C(=O)OC(C)C(=O)NC(=O)NC2CCCC2)sc2nc3n(c(=O)c12)CCCCC3. The number of nitrogens with zero attached hydrogens (tertiary/aromatic N) is 2. The Bertz CT molecular complexity index is 1120. The van der Waals surface area contributed by atoms with Crippen molar-refractivity contribution in [3.05, 3.63) is 26.6 Å². The molecule has 172 valence electrons. The smallest absolute Gasteiger partial charge is 0.349 e. The Labute approximate surface area is 189 Å². The molecule has 1 aliphatic heterocycles. The summed E-state index contributed by atoms with van der Waals surface area (Å²) in [6, 6.07) is -0.509. The lowest BCUT2D eigenvalue weighted by Crippen LogP contribution is -2.47. The topological polar surface area (TPSA) is 119 Å². The van der Waals surface area contributed by atoms with Crippen LogP contribution in [-0.4, -0.2) is 39.6 Å². The molecule has 4 rings (SSSR count). The molecule has 0 radical (unpaired) electrons. The first kappa shape index (κ1) is 22.4. The fourth-order valence-electron chi connectivity index (χ4n) is 4.38. The normalized spacial score (nSPS) is 17.4. The Balaban J connectivity index is 1.46. The number of nitrogens with one attached hydrogen (secondary N) is 2. The number of ether oxygens (including phenoxy) is 1. The van der Waals surface area contributed by atoms with Gasteiger partial charge in [-0.2, -0.15) is 0 Å². The monoisotopic (exact) mass is 460 g/mol. The van der Waals surface area contributed by atoms with Crippen molar-refractivity contribution in [2.75, 3.05) is 0 Å². The highest BCUT2D eigenvalue weighted by Crippen LogP contribution is 2.29. The molecule has 1 atom stereocenters. The summed E-state index contributed by atoms with van der Waals surface area (Å²) >= 11 is 1.10. The second-order valence-corrected chi connectivity index (χ2v) is 9.52. The maximum Gasteiger partial charge on any atom is 0.349 e. The van der Waals surface area contributed by atoms with Gasteiger partial charge >= 0.3 is 12.0 Å². The van der Waals surface area contributed by atoms with Crippen LogP contribution in [-0.2, 0) is 22.5 Å². The van der Waals surface area contributed by atoms with Crippen LogP contribution in [0, 0.1) is 6.92 Å². The van der Waals surface area contributed by atoms with Gasteiger partial charge in [0, 0.05) is 19.0 Å². The highest BCUT2D eigenvalue weighted by molar-refractivity contribution is 7.20. The summed E-state index contributed by atoms with van der Waals surface area (Å²) < 4.78 is 7.02. The first-order valence-corrected chi connectivity index (χ1v) is 12.0. The van der Waals surface area contributed by atoms with Crippen molar-refractivity contribution in [1.29, 1.82) is 0 Å². The molecule has 2 aliphatic rings. The van der Waals surface area contributed by atoms with Gasteiger partial charge in [0.1, 0.15) is 15.5 Å². The van der Waals surface area contributed by atoms with Crippen LogP contribution in [0.25, 0.3) is 10.2 Å². The van der Waals surface area contributed by atoms with E-state index in [0.717, 1.165) is 68.5 Å². The summed E-state index contributed by atoms with van der Waals surface area (Å²) in [6.07, 6.45) is 6.47. The second-order valence-electron chi connectivity index (χ2n) is 8.52. The van der Waals surface area contributed by atoms with Gasteiger partial charge in [0.05, 0.1) is 5.39 Å². The quantitative estimate of drug-likeness (QED) is 0.677. The minimum absolute atomic E-state index is 0.0728. The number of aromatic nitrogens is 2. The summed E-state index contributed by atoms with van der Waals surface area (Å²) in [7, 11) is 0. The Morgan fingerprint density at radius 3 is 2.66 bits per heavy atom. The zero-order chi connectivity index (χ0) is 22.8. The maximum absolute atomic E-state index is 13.0. The zero-order valence-electron chi connectivity index (χ0n) is 18.4. The van der Waals surface area contributed by atoms with Crippen LogP contribution in [0.15, 0.2) is 4.79 Å². The van der Waals surface area contributed by atoms with Crippen molar-refractivity contribution in [2.24, 2.45) is 0 Å². The number of hydrogen-bond donors (Lipinski definition) is 2. The number of fused-ring (bicyclic) bond motifs is 2. The Kier molecular flexibility index (Phi) is 6.59. The Morgan fingerprint density at radius 1 is 1.16 bits per heavy atom. The van der Waals surface area contributed by atoms with Gasteiger partial charge in [-0.05, 0) is 45.1 Å². The molecule has 2 aromatic heterocycles. The third-order valence-corrected chi connectivity index (χ3v) is 7.34. The van der Waals surface area contributed by atoms with Crippen LogP contribution in [0.2, 0.25) is 0 Å². The van der Waals surface area contributed by atoms with E-state index in [2.05, 4.69) is 15.6 Å². The van der Waals surface area contributed by atoms with E-state index in [1.807, 2.05) is 0 Å². The Morgan fingerprint density at radius 2 is 1.91 bits per heavy atom. The van der Waals surface area contributed by atoms with Crippen molar-refractivity contribution in [2.45, 2.75) is 83.9 Å². The third kappa shape index (κ3) is 4.55. The molecule has 2 aromatic rings. The molecule has 0 saturated heterocycles. The van der Waals surface area contributed by atoms with Gasteiger partial charge in [-0.15, -0.1) is 11.3 Å². The predicted octanol–water partition coefficient (Wildman–Crippen LogP) is 2.81. The van der Waals surface area contributed by atoms with E-state index in [0.29, 0.717) is 22.3 Å². The molecule has 9 nitrogen and oxygen atoms in total. The number of hydrogen-bond acceptors (Lipinski definition) is 7. The predicted molar refractivity (Wildman–Crippen MR) is 120 cm³/mol. The van der Waals surface area contributed by atoms with Crippen LogP contribution in [0.5, 0.6) is 0 Å². The van der Waals surface area contributed by atoms with Crippen molar-refractivity contribution >= 4 is 39.5 Å². The molecule has 1 fully saturated rings. The number of carbonyl (C=O) groups excluding carboxylic acids is 3. The highest BCUT2D eigenvalue weighted by atomic mass is 32.1. The van der Waals surface area contributed by atoms with E-state index in [4.69, 9.17) is 4.74 Å². The van der Waals surface area contributed by atoms with Gasteiger partial charge in [-0.25, -0.2) is 14.6 Å². The molecule has 0 bridgehead atoms. The number of amides is 3. The molecule has 10 heteroatoms. The number of thiophene rings is 1. The average Bonchev–Trinajstić information content (AvgIpc) is 3.29. The van der Waals surface area contributed by atoms with Crippen molar-refractivity contribution in [3.8, 4) is 0 Å². The fourth-order valence-corrected chi connectivity index (χ4v) is 5.45. The average molecular weight is 461 g/mol. The summed E-state index contributed by atoms with van der Waals surface area (Å²) in [6.45, 7) is 3.74. The van der Waals surface area contributed by atoms with Gasteiger partial charge in [-0.3, -0.25) is 19.5 Å². The lowest BCUT2D eigenvalue weighted by atomic mass is 10.2. The minimum Gasteiger partial charge on any atom is -0.448 e. The van der Waals surface area contributed by atoms with Crippen LogP contribution >= 0.6 is 11.3 Å². The van der Waals surface area contributed by atoms with Gasteiger partial charge in [0.25, 0.3) is 11.5 Å². The second kappa shape index (κ2) is 9.40. The molecule has 0 spiro atoms. The number of aryl methyl sites for hydroxylation is 2. The Hall–Kier alpha value is -2.75. The molecule has 32 heavy (non-hydrogen) atoms. The van der Waals surface area contributed by atoms with Gasteiger partial charge in [0.15, 0.2) is 6.10 Å². The number of carbonyl (C=O) groups is 3. The molecular formula is C22H28N4O5S. The fraction of sp³-hybridized carbons (Fsp3) is 0.591. The molecule has 0 aromatic carbocycles. The standard InChI is InChI=1S/C22H28N4O5S/c1-12-16-19(24-15-10-4-3-7-11-26(15)20(16)28)32-17(12)21(29)31-13(2)18(27)25-22(30)23-14-8-5-6-9-14/h13-14H,3-11H2,1-2H3,(H2,23,25,27,30). The minimum atomic E-state index is -1.16. The largest absolute Gasteiger partial charge is 0.448 e. The first-order valence-electron chi connectivity index (χ1n) is 11.2. The van der Waals surface area contributed by atoms with Crippen molar-refractivity contribution < 1.29 is 19.1 Å². The molecule has 1 unspecified atom stereocenters. The van der Waals surface area contributed by atoms with Crippen LogP contribution in [0.1, 0.15) is 72.9 Å². The summed E-state index contributed by atoms with van der Waals surface area (Å²) in [5.41, 5.74) is 0.382. The van der Waals surface area contributed by atoms with Crippen LogP contribution in [0.4, 0.5) is 4.79 Å². The first-order chi connectivity index (χ1) is 15.3. The lowest BCUT2D eigenvalue weighted by Gasteiger charge is -2.15. The summed E-state index contributed by atoms with van der Waals surface area (Å²) in [4.78, 5) is 55.5. The van der Waals surface area contributed by atoms with Gasteiger partial charge in [0.2, 0.25) is 0 Å². The molecular weight excluding hydrogens is 432 g/mol.